The van der Waals surface area contributed by atoms with Gasteiger partial charge in [-0.2, -0.15) is 0 Å². The van der Waals surface area contributed by atoms with Gasteiger partial charge < -0.3 is 10.1 Å². The Morgan fingerprint density at radius 1 is 1.22 bits per heavy atom. The highest BCUT2D eigenvalue weighted by Crippen LogP contribution is 2.39. The third-order valence-electron chi connectivity index (χ3n) is 3.02. The van der Waals surface area contributed by atoms with E-state index in [9.17, 15) is 8.78 Å². The summed E-state index contributed by atoms with van der Waals surface area (Å²) in [6.07, 6.45) is 0.262. The molecule has 2 rings (SSSR count). The van der Waals surface area contributed by atoms with Gasteiger partial charge in [0.2, 0.25) is 0 Å². The summed E-state index contributed by atoms with van der Waals surface area (Å²) >= 11 is 0. The van der Waals surface area contributed by atoms with Gasteiger partial charge in [0.05, 0.1) is 6.61 Å². The molecule has 1 fully saturated rings. The van der Waals surface area contributed by atoms with E-state index in [2.05, 4.69) is 29.6 Å². The summed E-state index contributed by atoms with van der Waals surface area (Å²) in [6, 6.07) is 8.62. The fraction of sp³-hybridized carbons (Fsp3) is 0.571. The average Bonchev–Trinajstić information content (AvgIpc) is 3.18. The first-order chi connectivity index (χ1) is 8.75. The molecule has 0 saturated heterocycles. The Labute approximate surface area is 106 Å². The molecule has 100 valence electrons. The van der Waals surface area contributed by atoms with Gasteiger partial charge in [-0.3, -0.25) is 0 Å². The lowest BCUT2D eigenvalue weighted by Gasteiger charge is -2.06. The van der Waals surface area contributed by atoms with Crippen molar-refractivity contribution in [3.8, 4) is 0 Å². The Kier molecular flexibility index (Phi) is 5.08. The van der Waals surface area contributed by atoms with Crippen molar-refractivity contribution in [2.75, 3.05) is 19.8 Å². The highest BCUT2D eigenvalue weighted by molar-refractivity contribution is 5.27. The van der Waals surface area contributed by atoms with Gasteiger partial charge in [-0.25, -0.2) is 8.78 Å². The van der Waals surface area contributed by atoms with Crippen molar-refractivity contribution < 1.29 is 13.5 Å². The van der Waals surface area contributed by atoms with Crippen molar-refractivity contribution in [1.82, 2.24) is 5.32 Å². The molecule has 0 aliphatic heterocycles. The second-order valence-corrected chi connectivity index (χ2v) is 4.66. The smallest absolute Gasteiger partial charge is 0.261 e. The highest BCUT2D eigenvalue weighted by Gasteiger charge is 2.22. The molecule has 1 aliphatic carbocycles. The molecule has 1 aromatic carbocycles. The Bertz CT molecular complexity index is 349. The quantitative estimate of drug-likeness (QED) is 0.721. The molecule has 4 heteroatoms. The minimum atomic E-state index is -2.38. The van der Waals surface area contributed by atoms with Gasteiger partial charge >= 0.3 is 0 Å². The topological polar surface area (TPSA) is 21.3 Å². The zero-order chi connectivity index (χ0) is 12.8. The maximum Gasteiger partial charge on any atom is 0.261 e. The first-order valence-electron chi connectivity index (χ1n) is 6.41. The number of ether oxygens (including phenoxy) is 1. The molecule has 2 nitrogen and oxygen atoms in total. The summed E-state index contributed by atoms with van der Waals surface area (Å²) in [5, 5.41) is 3.17. The highest BCUT2D eigenvalue weighted by atomic mass is 19.3. The van der Waals surface area contributed by atoms with E-state index in [-0.39, 0.29) is 0 Å². The molecule has 0 atom stereocenters. The van der Waals surface area contributed by atoms with Gasteiger partial charge in [0.25, 0.3) is 6.43 Å². The normalized spacial score (nSPS) is 15.3. The fourth-order valence-electron chi connectivity index (χ4n) is 1.87. The minimum absolute atomic E-state index is 0.324. The fourth-order valence-corrected chi connectivity index (χ4v) is 1.87. The van der Waals surface area contributed by atoms with Gasteiger partial charge in [0, 0.05) is 13.1 Å². The number of halogens is 2. The molecule has 0 spiro atoms. The molecule has 0 heterocycles. The molecule has 1 saturated carbocycles. The lowest BCUT2D eigenvalue weighted by Crippen LogP contribution is -2.20. The third kappa shape index (κ3) is 4.70. The van der Waals surface area contributed by atoms with Gasteiger partial charge in [-0.15, -0.1) is 0 Å². The van der Waals surface area contributed by atoms with Crippen LogP contribution in [-0.2, 0) is 11.3 Å². The number of alkyl halides is 2. The van der Waals surface area contributed by atoms with Crippen LogP contribution in [0.3, 0.4) is 0 Å². The predicted octanol–water partition coefficient (Wildman–Crippen LogP) is 2.94. The van der Waals surface area contributed by atoms with Crippen LogP contribution in [0.5, 0.6) is 0 Å². The lowest BCUT2D eigenvalue weighted by molar-refractivity contribution is 0.0187. The maximum atomic E-state index is 11.8. The van der Waals surface area contributed by atoms with Gasteiger partial charge in [-0.1, -0.05) is 24.3 Å². The van der Waals surface area contributed by atoms with Crippen LogP contribution in [0.15, 0.2) is 24.3 Å². The van der Waals surface area contributed by atoms with E-state index < -0.39 is 13.0 Å². The van der Waals surface area contributed by atoms with E-state index in [4.69, 9.17) is 4.74 Å². The van der Waals surface area contributed by atoms with Gasteiger partial charge in [-0.05, 0) is 29.9 Å². The lowest BCUT2D eigenvalue weighted by atomic mass is 10.1. The van der Waals surface area contributed by atoms with Crippen LogP contribution >= 0.6 is 0 Å². The number of hydrogen-bond donors (Lipinski definition) is 1. The average molecular weight is 255 g/mol. The van der Waals surface area contributed by atoms with Gasteiger partial charge in [0.1, 0.15) is 6.61 Å². The molecule has 0 radical (unpaired) electrons. The number of rotatable bonds is 8. The summed E-state index contributed by atoms with van der Waals surface area (Å²) < 4.78 is 28.3. The second kappa shape index (κ2) is 6.81. The van der Waals surface area contributed by atoms with Gasteiger partial charge in [0.15, 0.2) is 0 Å². The van der Waals surface area contributed by atoms with Crippen molar-refractivity contribution in [2.24, 2.45) is 0 Å². The number of hydrogen-bond acceptors (Lipinski definition) is 2. The Morgan fingerprint density at radius 2 is 1.94 bits per heavy atom. The molecule has 18 heavy (non-hydrogen) atoms. The minimum Gasteiger partial charge on any atom is -0.374 e. The van der Waals surface area contributed by atoms with Crippen molar-refractivity contribution in [2.45, 2.75) is 31.7 Å². The molecule has 1 aliphatic rings. The summed E-state index contributed by atoms with van der Waals surface area (Å²) in [5.74, 6) is 0.787. The third-order valence-corrected chi connectivity index (χ3v) is 3.02. The first kappa shape index (κ1) is 13.4. The number of benzene rings is 1. The standard InChI is InChI=1S/C14H19F2NO/c15-14(16)10-18-8-7-17-9-11-1-3-12(4-2-11)13-5-6-13/h1-4,13-14,17H,5-10H2. The monoisotopic (exact) mass is 255 g/mol. The predicted molar refractivity (Wildman–Crippen MR) is 66.9 cm³/mol. The van der Waals surface area contributed by atoms with E-state index in [1.165, 1.54) is 24.0 Å². The summed E-state index contributed by atoms with van der Waals surface area (Å²) in [7, 11) is 0. The van der Waals surface area contributed by atoms with E-state index in [1.54, 1.807) is 0 Å². The molecule has 0 aromatic heterocycles. The van der Waals surface area contributed by atoms with E-state index in [1.807, 2.05) is 0 Å². The number of nitrogens with one attached hydrogen (secondary N) is 1. The van der Waals surface area contributed by atoms with E-state index in [0.717, 1.165) is 12.5 Å². The zero-order valence-electron chi connectivity index (χ0n) is 10.4. The Morgan fingerprint density at radius 3 is 2.56 bits per heavy atom. The van der Waals surface area contributed by atoms with Crippen molar-refractivity contribution in [3.05, 3.63) is 35.4 Å². The largest absolute Gasteiger partial charge is 0.374 e. The second-order valence-electron chi connectivity index (χ2n) is 4.66. The first-order valence-corrected chi connectivity index (χ1v) is 6.41. The molecule has 0 bridgehead atoms. The SMILES string of the molecule is FC(F)COCCNCc1ccc(C2CC2)cc1. The Balaban J connectivity index is 1.58. The molecule has 0 unspecified atom stereocenters. The summed E-state index contributed by atoms with van der Waals surface area (Å²) in [6.45, 7) is 1.20. The van der Waals surface area contributed by atoms with Crippen LogP contribution in [0.4, 0.5) is 8.78 Å². The summed E-state index contributed by atoms with van der Waals surface area (Å²) in [5.41, 5.74) is 2.65. The molecule has 1 N–H and O–H groups in total. The van der Waals surface area contributed by atoms with Crippen LogP contribution in [0.1, 0.15) is 29.9 Å². The van der Waals surface area contributed by atoms with Crippen molar-refractivity contribution in [1.29, 1.82) is 0 Å². The van der Waals surface area contributed by atoms with Crippen molar-refractivity contribution in [3.63, 3.8) is 0 Å². The van der Waals surface area contributed by atoms with E-state index >= 15 is 0 Å². The van der Waals surface area contributed by atoms with Crippen LogP contribution in [0, 0.1) is 0 Å². The molecular weight excluding hydrogens is 236 g/mol. The molecule has 0 amide bonds. The van der Waals surface area contributed by atoms with Crippen LogP contribution in [-0.4, -0.2) is 26.2 Å². The van der Waals surface area contributed by atoms with Crippen LogP contribution in [0.25, 0.3) is 0 Å². The van der Waals surface area contributed by atoms with E-state index in [0.29, 0.717) is 13.2 Å². The zero-order valence-corrected chi connectivity index (χ0v) is 10.4. The van der Waals surface area contributed by atoms with Crippen molar-refractivity contribution >= 4 is 0 Å². The van der Waals surface area contributed by atoms with Crippen LogP contribution in [0.2, 0.25) is 0 Å². The maximum absolute atomic E-state index is 11.8. The molecular formula is C14H19F2NO. The Hall–Kier alpha value is -1.00. The van der Waals surface area contributed by atoms with Crippen LogP contribution < -0.4 is 5.32 Å². The summed E-state index contributed by atoms with van der Waals surface area (Å²) in [4.78, 5) is 0. The molecule has 1 aromatic rings.